The first-order valence-electron chi connectivity index (χ1n) is 3.32. The van der Waals surface area contributed by atoms with Gasteiger partial charge in [-0.15, -0.1) is 0 Å². The second-order valence-corrected chi connectivity index (χ2v) is 2.27. The molecule has 0 aromatic heterocycles. The zero-order chi connectivity index (χ0) is 7.28. The summed E-state index contributed by atoms with van der Waals surface area (Å²) in [4.78, 5) is 4.64. The Balaban J connectivity index is 3.81. The molecule has 0 radical (unpaired) electrons. The average molecular weight is 129 g/mol. The van der Waals surface area contributed by atoms with Crippen molar-refractivity contribution in [1.82, 2.24) is 0 Å². The van der Waals surface area contributed by atoms with E-state index in [1.807, 2.05) is 0 Å². The topological polar surface area (TPSA) is 21.6 Å². The molecule has 0 aliphatic heterocycles. The minimum absolute atomic E-state index is 0.509. The van der Waals surface area contributed by atoms with Crippen LogP contribution in [0.4, 0.5) is 0 Å². The van der Waals surface area contributed by atoms with Crippen LogP contribution in [0.3, 0.4) is 0 Å². The van der Waals surface area contributed by atoms with Crippen molar-refractivity contribution in [3.63, 3.8) is 0 Å². The van der Waals surface area contributed by atoms with Crippen LogP contribution in [0.2, 0.25) is 0 Å². The third kappa shape index (κ3) is 3.12. The molecule has 0 unspecified atom stereocenters. The second-order valence-electron chi connectivity index (χ2n) is 2.27. The standard InChI is InChI=1S/C7H15NO/c1-5-7(6(2)3)8-9-4/h6H,5H2,1-4H3/b8-7+. The van der Waals surface area contributed by atoms with Gasteiger partial charge in [0.2, 0.25) is 0 Å². The summed E-state index contributed by atoms with van der Waals surface area (Å²) >= 11 is 0. The fourth-order valence-corrected chi connectivity index (χ4v) is 0.695. The Hall–Kier alpha value is -0.530. The van der Waals surface area contributed by atoms with Crippen LogP contribution in [0.1, 0.15) is 27.2 Å². The first kappa shape index (κ1) is 8.47. The Morgan fingerprint density at radius 1 is 1.56 bits per heavy atom. The molecule has 0 heterocycles. The summed E-state index contributed by atoms with van der Waals surface area (Å²) in [5.74, 6) is 0.509. The smallest absolute Gasteiger partial charge is 0.106 e. The number of oxime groups is 1. The minimum atomic E-state index is 0.509. The highest BCUT2D eigenvalue weighted by molar-refractivity contribution is 5.85. The lowest BCUT2D eigenvalue weighted by Gasteiger charge is -2.04. The molecule has 0 aliphatic rings. The maximum Gasteiger partial charge on any atom is 0.106 e. The normalized spacial score (nSPS) is 12.3. The zero-order valence-corrected chi connectivity index (χ0v) is 6.64. The van der Waals surface area contributed by atoms with Gasteiger partial charge in [0, 0.05) is 0 Å². The molecule has 0 fully saturated rings. The van der Waals surface area contributed by atoms with Crippen LogP contribution >= 0.6 is 0 Å². The molecule has 0 spiro atoms. The van der Waals surface area contributed by atoms with Gasteiger partial charge in [-0.05, 0) is 12.3 Å². The van der Waals surface area contributed by atoms with Crippen molar-refractivity contribution < 1.29 is 4.84 Å². The van der Waals surface area contributed by atoms with E-state index in [9.17, 15) is 0 Å². The SMILES string of the molecule is CC/C(=N\OC)C(C)C. The van der Waals surface area contributed by atoms with Crippen LogP contribution in [0.25, 0.3) is 0 Å². The lowest BCUT2D eigenvalue weighted by atomic mass is 10.1. The van der Waals surface area contributed by atoms with Gasteiger partial charge in [-0.1, -0.05) is 25.9 Å². The van der Waals surface area contributed by atoms with Crippen LogP contribution in [-0.4, -0.2) is 12.8 Å². The van der Waals surface area contributed by atoms with E-state index in [0.717, 1.165) is 12.1 Å². The zero-order valence-electron chi connectivity index (χ0n) is 6.64. The molecule has 0 rings (SSSR count). The number of rotatable bonds is 3. The number of hydrogen-bond acceptors (Lipinski definition) is 2. The van der Waals surface area contributed by atoms with Crippen LogP contribution in [0.5, 0.6) is 0 Å². The van der Waals surface area contributed by atoms with Crippen LogP contribution in [0, 0.1) is 5.92 Å². The molecule has 9 heavy (non-hydrogen) atoms. The van der Waals surface area contributed by atoms with E-state index in [1.165, 1.54) is 0 Å². The molecule has 0 saturated heterocycles. The van der Waals surface area contributed by atoms with E-state index in [2.05, 4.69) is 30.8 Å². The highest BCUT2D eigenvalue weighted by atomic mass is 16.6. The van der Waals surface area contributed by atoms with Gasteiger partial charge in [0.15, 0.2) is 0 Å². The van der Waals surface area contributed by atoms with Crippen molar-refractivity contribution in [3.8, 4) is 0 Å². The fraction of sp³-hybridized carbons (Fsp3) is 0.857. The number of nitrogens with zero attached hydrogens (tertiary/aromatic N) is 1. The van der Waals surface area contributed by atoms with Gasteiger partial charge in [0.25, 0.3) is 0 Å². The van der Waals surface area contributed by atoms with Gasteiger partial charge in [0.05, 0.1) is 5.71 Å². The van der Waals surface area contributed by atoms with E-state index in [1.54, 1.807) is 7.11 Å². The molecule has 0 aromatic carbocycles. The molecule has 0 aromatic rings. The van der Waals surface area contributed by atoms with Crippen molar-refractivity contribution in [2.24, 2.45) is 11.1 Å². The quantitative estimate of drug-likeness (QED) is 0.422. The Labute approximate surface area is 56.9 Å². The van der Waals surface area contributed by atoms with Crippen molar-refractivity contribution in [3.05, 3.63) is 0 Å². The molecule has 0 aliphatic carbocycles. The second kappa shape index (κ2) is 4.36. The van der Waals surface area contributed by atoms with Crippen molar-refractivity contribution >= 4 is 5.71 Å². The molecule has 0 atom stereocenters. The summed E-state index contributed by atoms with van der Waals surface area (Å²) in [5, 5.41) is 3.86. The lowest BCUT2D eigenvalue weighted by Crippen LogP contribution is -2.05. The summed E-state index contributed by atoms with van der Waals surface area (Å²) < 4.78 is 0. The monoisotopic (exact) mass is 129 g/mol. The molecule has 0 N–H and O–H groups in total. The summed E-state index contributed by atoms with van der Waals surface area (Å²) in [7, 11) is 1.58. The van der Waals surface area contributed by atoms with E-state index in [0.29, 0.717) is 5.92 Å². The van der Waals surface area contributed by atoms with Crippen molar-refractivity contribution in [2.45, 2.75) is 27.2 Å². The van der Waals surface area contributed by atoms with Gasteiger partial charge in [-0.25, -0.2) is 0 Å². The third-order valence-electron chi connectivity index (χ3n) is 1.24. The molecule has 54 valence electrons. The van der Waals surface area contributed by atoms with Crippen LogP contribution < -0.4 is 0 Å². The maximum absolute atomic E-state index is 4.64. The first-order valence-corrected chi connectivity index (χ1v) is 3.32. The van der Waals surface area contributed by atoms with Crippen LogP contribution in [-0.2, 0) is 4.84 Å². The summed E-state index contributed by atoms with van der Waals surface area (Å²) in [6.45, 7) is 6.31. The van der Waals surface area contributed by atoms with E-state index in [4.69, 9.17) is 0 Å². The molecular weight excluding hydrogens is 114 g/mol. The number of hydrogen-bond donors (Lipinski definition) is 0. The van der Waals surface area contributed by atoms with E-state index < -0.39 is 0 Å². The van der Waals surface area contributed by atoms with Gasteiger partial charge in [-0.2, -0.15) is 0 Å². The maximum atomic E-state index is 4.64. The summed E-state index contributed by atoms with van der Waals surface area (Å²) in [5.41, 5.74) is 1.12. The predicted octanol–water partition coefficient (Wildman–Crippen LogP) is 2.05. The largest absolute Gasteiger partial charge is 0.399 e. The molecule has 2 heteroatoms. The first-order chi connectivity index (χ1) is 4.22. The molecule has 0 bridgehead atoms. The Kier molecular flexibility index (Phi) is 4.10. The van der Waals surface area contributed by atoms with Crippen LogP contribution in [0.15, 0.2) is 5.16 Å². The van der Waals surface area contributed by atoms with Gasteiger partial charge >= 0.3 is 0 Å². The Morgan fingerprint density at radius 2 is 2.11 bits per heavy atom. The van der Waals surface area contributed by atoms with Crippen molar-refractivity contribution in [1.29, 1.82) is 0 Å². The minimum Gasteiger partial charge on any atom is -0.399 e. The van der Waals surface area contributed by atoms with Crippen molar-refractivity contribution in [2.75, 3.05) is 7.11 Å². The molecule has 0 amide bonds. The Bertz CT molecular complexity index is 97.1. The molecule has 2 nitrogen and oxygen atoms in total. The Morgan fingerprint density at radius 3 is 2.22 bits per heavy atom. The predicted molar refractivity (Wildman–Crippen MR) is 39.6 cm³/mol. The lowest BCUT2D eigenvalue weighted by molar-refractivity contribution is 0.210. The van der Waals surface area contributed by atoms with E-state index >= 15 is 0 Å². The van der Waals surface area contributed by atoms with Gasteiger partial charge < -0.3 is 4.84 Å². The highest BCUT2D eigenvalue weighted by Crippen LogP contribution is 2.00. The average Bonchev–Trinajstić information content (AvgIpc) is 1.82. The van der Waals surface area contributed by atoms with Gasteiger partial charge in [-0.3, -0.25) is 0 Å². The molecular formula is C7H15NO. The van der Waals surface area contributed by atoms with Gasteiger partial charge in [0.1, 0.15) is 7.11 Å². The summed E-state index contributed by atoms with van der Waals surface area (Å²) in [6, 6.07) is 0. The van der Waals surface area contributed by atoms with E-state index in [-0.39, 0.29) is 0 Å². The summed E-state index contributed by atoms with van der Waals surface area (Å²) in [6.07, 6.45) is 0.978. The molecule has 0 saturated carbocycles. The fourth-order valence-electron chi connectivity index (χ4n) is 0.695. The highest BCUT2D eigenvalue weighted by Gasteiger charge is 2.00. The third-order valence-corrected chi connectivity index (χ3v) is 1.24.